The van der Waals surface area contributed by atoms with E-state index in [1.165, 1.54) is 17.0 Å². The SMILES string of the molecule is CN(C(=O)OC(C)(C)C)[C@H](C(=O)c1nn(C)cc1-c1ccc(F)cc1)C1CCCCN1. The summed E-state index contributed by atoms with van der Waals surface area (Å²) in [5, 5.41) is 7.80. The fourth-order valence-corrected chi connectivity index (χ4v) is 3.88. The lowest BCUT2D eigenvalue weighted by Gasteiger charge is -2.36. The zero-order valence-electron chi connectivity index (χ0n) is 18.8. The van der Waals surface area contributed by atoms with Crippen LogP contribution in [0.3, 0.4) is 0 Å². The summed E-state index contributed by atoms with van der Waals surface area (Å²) in [5.74, 6) is -0.623. The number of carbonyl (C=O) groups excluding carboxylic acids is 2. The number of piperidine rings is 1. The van der Waals surface area contributed by atoms with Gasteiger partial charge in [0.15, 0.2) is 0 Å². The molecule has 1 aromatic heterocycles. The molecular weight excluding hydrogens is 399 g/mol. The molecule has 8 heteroatoms. The maximum atomic E-state index is 13.8. The molecule has 1 amide bonds. The average molecular weight is 431 g/mol. The van der Waals surface area contributed by atoms with E-state index in [0.29, 0.717) is 11.1 Å². The standard InChI is InChI=1S/C23H31FN4O3/c1-23(2,3)31-22(30)28(5)20(18-8-6-7-13-25-18)21(29)19-17(14-27(4)26-19)15-9-11-16(24)12-10-15/h9-12,14,18,20,25H,6-8,13H2,1-5H3/t18?,20-/m0/s1. The first kappa shape index (κ1) is 22.9. The zero-order valence-corrected chi connectivity index (χ0v) is 18.8. The molecule has 31 heavy (non-hydrogen) atoms. The first-order valence-electron chi connectivity index (χ1n) is 10.6. The Morgan fingerprint density at radius 1 is 1.26 bits per heavy atom. The van der Waals surface area contributed by atoms with Crippen LogP contribution in [0.4, 0.5) is 9.18 Å². The van der Waals surface area contributed by atoms with Gasteiger partial charge in [-0.2, -0.15) is 5.10 Å². The predicted molar refractivity (Wildman–Crippen MR) is 116 cm³/mol. The molecule has 1 N–H and O–H groups in total. The minimum absolute atomic E-state index is 0.207. The van der Waals surface area contributed by atoms with Gasteiger partial charge < -0.3 is 10.1 Å². The summed E-state index contributed by atoms with van der Waals surface area (Å²) in [6.07, 6.45) is 3.94. The van der Waals surface area contributed by atoms with Gasteiger partial charge in [-0.15, -0.1) is 0 Å². The molecular formula is C23H31FN4O3. The number of aryl methyl sites for hydroxylation is 1. The van der Waals surface area contributed by atoms with Crippen molar-refractivity contribution in [3.05, 3.63) is 42.0 Å². The normalized spacial score (nSPS) is 17.8. The molecule has 0 bridgehead atoms. The summed E-state index contributed by atoms with van der Waals surface area (Å²) in [4.78, 5) is 28.0. The highest BCUT2D eigenvalue weighted by Gasteiger charge is 2.39. The van der Waals surface area contributed by atoms with Gasteiger partial charge in [0, 0.05) is 31.9 Å². The van der Waals surface area contributed by atoms with E-state index in [0.717, 1.165) is 25.8 Å². The van der Waals surface area contributed by atoms with E-state index in [9.17, 15) is 14.0 Å². The molecule has 0 radical (unpaired) electrons. The second-order valence-electron chi connectivity index (χ2n) is 9.03. The molecule has 0 saturated carbocycles. The van der Waals surface area contributed by atoms with Crippen molar-refractivity contribution in [3.8, 4) is 11.1 Å². The lowest BCUT2D eigenvalue weighted by atomic mass is 9.91. The number of halogens is 1. The number of Topliss-reactive ketones (excluding diaryl/α,β-unsaturated/α-hetero) is 1. The Morgan fingerprint density at radius 2 is 1.94 bits per heavy atom. The van der Waals surface area contributed by atoms with Gasteiger partial charge >= 0.3 is 6.09 Å². The first-order chi connectivity index (χ1) is 14.6. The molecule has 1 fully saturated rings. The van der Waals surface area contributed by atoms with E-state index in [2.05, 4.69) is 10.4 Å². The van der Waals surface area contributed by atoms with Gasteiger partial charge in [-0.05, 0) is 57.9 Å². The fourth-order valence-electron chi connectivity index (χ4n) is 3.88. The van der Waals surface area contributed by atoms with Crippen molar-refractivity contribution in [2.45, 2.75) is 57.7 Å². The van der Waals surface area contributed by atoms with Crippen LogP contribution in [-0.4, -0.2) is 57.8 Å². The average Bonchev–Trinajstić information content (AvgIpc) is 3.10. The highest BCUT2D eigenvalue weighted by Crippen LogP contribution is 2.27. The maximum absolute atomic E-state index is 13.8. The molecule has 0 aliphatic carbocycles. The quantitative estimate of drug-likeness (QED) is 0.731. The van der Waals surface area contributed by atoms with E-state index in [-0.39, 0.29) is 23.3 Å². The molecule has 2 heterocycles. The summed E-state index contributed by atoms with van der Waals surface area (Å²) in [5.41, 5.74) is 0.865. The largest absolute Gasteiger partial charge is 0.444 e. The van der Waals surface area contributed by atoms with Crippen LogP contribution >= 0.6 is 0 Å². The highest BCUT2D eigenvalue weighted by atomic mass is 19.1. The van der Waals surface area contributed by atoms with Gasteiger partial charge in [0.1, 0.15) is 23.2 Å². The molecule has 1 aliphatic rings. The molecule has 1 saturated heterocycles. The van der Waals surface area contributed by atoms with Gasteiger partial charge in [-0.1, -0.05) is 18.6 Å². The Kier molecular flexibility index (Phi) is 6.79. The van der Waals surface area contributed by atoms with Crippen molar-refractivity contribution in [3.63, 3.8) is 0 Å². The summed E-state index contributed by atoms with van der Waals surface area (Å²) < 4.78 is 20.5. The third kappa shape index (κ3) is 5.50. The number of aromatic nitrogens is 2. The lowest BCUT2D eigenvalue weighted by molar-refractivity contribution is 0.0173. The Bertz CT molecular complexity index is 927. The topological polar surface area (TPSA) is 76.5 Å². The second-order valence-corrected chi connectivity index (χ2v) is 9.03. The number of nitrogens with zero attached hydrogens (tertiary/aromatic N) is 3. The van der Waals surface area contributed by atoms with E-state index < -0.39 is 17.7 Å². The summed E-state index contributed by atoms with van der Waals surface area (Å²) in [7, 11) is 3.32. The van der Waals surface area contributed by atoms with Crippen LogP contribution in [0.1, 0.15) is 50.5 Å². The number of hydrogen-bond donors (Lipinski definition) is 1. The number of amides is 1. The minimum Gasteiger partial charge on any atom is -0.444 e. The molecule has 1 aliphatic heterocycles. The Labute approximate surface area is 182 Å². The Hall–Kier alpha value is -2.74. The monoisotopic (exact) mass is 430 g/mol. The van der Waals surface area contributed by atoms with Crippen LogP contribution in [0.15, 0.2) is 30.5 Å². The predicted octanol–water partition coefficient (Wildman–Crippen LogP) is 3.79. The number of likely N-dealkylation sites (N-methyl/N-ethyl adjacent to an activating group) is 1. The molecule has 3 rings (SSSR count). The number of carbonyl (C=O) groups is 2. The minimum atomic E-state index is -0.774. The molecule has 1 aromatic carbocycles. The first-order valence-corrected chi connectivity index (χ1v) is 10.6. The van der Waals surface area contributed by atoms with E-state index >= 15 is 0 Å². The van der Waals surface area contributed by atoms with Crippen molar-refractivity contribution in [1.29, 1.82) is 0 Å². The van der Waals surface area contributed by atoms with Crippen LogP contribution in [-0.2, 0) is 11.8 Å². The maximum Gasteiger partial charge on any atom is 0.410 e. The molecule has 2 atom stereocenters. The van der Waals surface area contributed by atoms with Crippen LogP contribution in [0, 0.1) is 5.82 Å². The van der Waals surface area contributed by atoms with Crippen molar-refractivity contribution in [2.75, 3.05) is 13.6 Å². The Morgan fingerprint density at radius 3 is 2.52 bits per heavy atom. The van der Waals surface area contributed by atoms with Gasteiger partial charge in [0.2, 0.25) is 5.78 Å². The lowest BCUT2D eigenvalue weighted by Crippen LogP contribution is -2.57. The Balaban J connectivity index is 1.99. The molecule has 168 valence electrons. The van der Waals surface area contributed by atoms with Gasteiger partial charge in [-0.3, -0.25) is 14.4 Å². The van der Waals surface area contributed by atoms with Gasteiger partial charge in [0.05, 0.1) is 0 Å². The number of ketones is 1. The zero-order chi connectivity index (χ0) is 22.8. The number of nitrogens with one attached hydrogen (secondary N) is 1. The van der Waals surface area contributed by atoms with E-state index in [1.807, 2.05) is 0 Å². The third-order valence-corrected chi connectivity index (χ3v) is 5.31. The van der Waals surface area contributed by atoms with E-state index in [4.69, 9.17) is 4.74 Å². The van der Waals surface area contributed by atoms with Crippen molar-refractivity contribution in [1.82, 2.24) is 20.0 Å². The highest BCUT2D eigenvalue weighted by molar-refractivity contribution is 6.05. The molecule has 1 unspecified atom stereocenters. The molecule has 7 nitrogen and oxygen atoms in total. The van der Waals surface area contributed by atoms with Crippen molar-refractivity contribution < 1.29 is 18.7 Å². The van der Waals surface area contributed by atoms with Gasteiger partial charge in [-0.25, -0.2) is 9.18 Å². The van der Waals surface area contributed by atoms with Crippen LogP contribution in [0.5, 0.6) is 0 Å². The molecule has 2 aromatic rings. The number of hydrogen-bond acceptors (Lipinski definition) is 5. The van der Waals surface area contributed by atoms with Crippen LogP contribution in [0.25, 0.3) is 11.1 Å². The smallest absolute Gasteiger partial charge is 0.410 e. The molecule has 0 spiro atoms. The number of rotatable bonds is 5. The number of ether oxygens (including phenoxy) is 1. The van der Waals surface area contributed by atoms with Crippen molar-refractivity contribution in [2.24, 2.45) is 7.05 Å². The van der Waals surface area contributed by atoms with Crippen molar-refractivity contribution >= 4 is 11.9 Å². The van der Waals surface area contributed by atoms with E-state index in [1.54, 1.807) is 57.9 Å². The second kappa shape index (κ2) is 9.18. The fraction of sp³-hybridized carbons (Fsp3) is 0.522. The number of benzene rings is 1. The summed E-state index contributed by atoms with van der Waals surface area (Å²) >= 11 is 0. The van der Waals surface area contributed by atoms with Crippen LogP contribution < -0.4 is 5.32 Å². The van der Waals surface area contributed by atoms with Crippen LogP contribution in [0.2, 0.25) is 0 Å². The summed E-state index contributed by atoms with van der Waals surface area (Å²) in [6.45, 7) is 6.16. The third-order valence-electron chi connectivity index (χ3n) is 5.31. The van der Waals surface area contributed by atoms with Gasteiger partial charge in [0.25, 0.3) is 0 Å². The summed E-state index contributed by atoms with van der Waals surface area (Å²) in [6, 6.07) is 4.96.